The maximum Gasteiger partial charge on any atom is 0.143 e. The van der Waals surface area contributed by atoms with Gasteiger partial charge in [-0.25, -0.2) is 0 Å². The fourth-order valence-electron chi connectivity index (χ4n) is 0.269. The third kappa shape index (κ3) is 3.10. The van der Waals surface area contributed by atoms with E-state index in [1.807, 2.05) is 14.9 Å². The lowest BCUT2D eigenvalue weighted by Crippen LogP contribution is -1.96. The van der Waals surface area contributed by atoms with Crippen LogP contribution in [0.3, 0.4) is 0 Å². The summed E-state index contributed by atoms with van der Waals surface area (Å²) in [5.41, 5.74) is 0.933. The Bertz CT molecular complexity index is 87.7. The van der Waals surface area contributed by atoms with Gasteiger partial charge in [0.25, 0.3) is 0 Å². The van der Waals surface area contributed by atoms with E-state index in [-0.39, 0.29) is 0 Å². The molecule has 0 aliphatic heterocycles. The fraction of sp³-hybridized carbons (Fsp3) is 0.250. The Kier molecular flexibility index (Phi) is 3.11. The van der Waals surface area contributed by atoms with Gasteiger partial charge in [-0.3, -0.25) is 0 Å². The summed E-state index contributed by atoms with van der Waals surface area (Å²) < 4.78 is 0. The van der Waals surface area contributed by atoms with Gasteiger partial charge >= 0.3 is 0 Å². The van der Waals surface area contributed by atoms with Crippen molar-refractivity contribution in [1.29, 1.82) is 5.41 Å². The predicted molar refractivity (Wildman–Crippen MR) is 34.5 cm³/mol. The van der Waals surface area contributed by atoms with Gasteiger partial charge in [-0.05, 0) is 6.20 Å². The van der Waals surface area contributed by atoms with E-state index < -0.39 is 0 Å². The van der Waals surface area contributed by atoms with Crippen LogP contribution < -0.4 is 5.32 Å². The zero-order valence-electron chi connectivity index (χ0n) is 4.65. The van der Waals surface area contributed by atoms with Crippen LogP contribution in [0.2, 0.25) is 0 Å². The van der Waals surface area contributed by atoms with Gasteiger partial charge in [0.2, 0.25) is 0 Å². The molecule has 2 N–H and O–H groups in total. The Hall–Kier alpha value is -0.725. The molecule has 0 heterocycles. The summed E-state index contributed by atoms with van der Waals surface area (Å²) in [5.74, 6) is 0. The number of nitrogens with one attached hydrogen (secondary N) is 2. The normalized spacial score (nSPS) is 10.7. The van der Waals surface area contributed by atoms with Gasteiger partial charge in [-0.15, -0.1) is 0 Å². The minimum atomic E-state index is 0.933. The van der Waals surface area contributed by atoms with Crippen molar-refractivity contribution in [2.45, 2.75) is 0 Å². The Balaban J connectivity index is 3.49. The zero-order chi connectivity index (χ0) is 5.70. The second kappa shape index (κ2) is 3.46. The summed E-state index contributed by atoms with van der Waals surface area (Å²) in [6.45, 7) is 0. The molecule has 0 amide bonds. The molecule has 0 unspecified atom stereocenters. The highest BCUT2D eigenvalue weighted by molar-refractivity contribution is 6.32. The number of hydrogen-bond donors (Lipinski definition) is 2. The average Bonchev–Trinajstić information content (AvgIpc) is 1.68. The van der Waals surface area contributed by atoms with Crippen molar-refractivity contribution < 1.29 is 0 Å². The molecule has 0 fully saturated rings. The van der Waals surface area contributed by atoms with E-state index in [0.717, 1.165) is 5.47 Å². The molecule has 0 aromatic carbocycles. The van der Waals surface area contributed by atoms with Gasteiger partial charge in [0.05, 0.1) is 0 Å². The molecule has 0 aromatic heterocycles. The SMILES string of the molecule is B/C(C=N)=C/NC. The second-order valence-electron chi connectivity index (χ2n) is 1.32. The Morgan fingerprint density at radius 2 is 2.43 bits per heavy atom. The monoisotopic (exact) mass is 96.1 g/mol. The molecule has 7 heavy (non-hydrogen) atoms. The summed E-state index contributed by atoms with van der Waals surface area (Å²) in [5, 5.41) is 9.48. The number of hydrogen-bond acceptors (Lipinski definition) is 2. The van der Waals surface area contributed by atoms with Crippen molar-refractivity contribution >= 4 is 14.1 Å². The third-order valence-electron chi connectivity index (χ3n) is 0.600. The molecular weight excluding hydrogens is 86.9 g/mol. The van der Waals surface area contributed by atoms with E-state index >= 15 is 0 Å². The molecule has 0 aromatic rings. The van der Waals surface area contributed by atoms with E-state index in [0.29, 0.717) is 0 Å². The highest BCUT2D eigenvalue weighted by Crippen LogP contribution is 1.71. The molecule has 0 aliphatic carbocycles. The molecule has 0 atom stereocenters. The van der Waals surface area contributed by atoms with Crippen LogP contribution in [0.1, 0.15) is 0 Å². The van der Waals surface area contributed by atoms with Crippen molar-refractivity contribution in [1.82, 2.24) is 5.32 Å². The van der Waals surface area contributed by atoms with E-state index in [1.165, 1.54) is 6.21 Å². The quantitative estimate of drug-likeness (QED) is 0.347. The van der Waals surface area contributed by atoms with Gasteiger partial charge in [0.1, 0.15) is 7.85 Å². The molecule has 0 rings (SSSR count). The van der Waals surface area contributed by atoms with Gasteiger partial charge < -0.3 is 10.7 Å². The summed E-state index contributed by atoms with van der Waals surface area (Å²) in [4.78, 5) is 0. The first-order valence-electron chi connectivity index (χ1n) is 2.15. The van der Waals surface area contributed by atoms with Crippen LogP contribution in [0, 0.1) is 5.41 Å². The first kappa shape index (κ1) is 6.27. The molecule has 0 saturated heterocycles. The lowest BCUT2D eigenvalue weighted by Gasteiger charge is -1.86. The van der Waals surface area contributed by atoms with E-state index in [4.69, 9.17) is 5.41 Å². The zero-order valence-corrected chi connectivity index (χ0v) is 4.65. The molecular formula is C4H9BN2. The van der Waals surface area contributed by atoms with Gasteiger partial charge in [0, 0.05) is 13.3 Å². The molecule has 2 nitrogen and oxygen atoms in total. The molecule has 0 saturated carbocycles. The van der Waals surface area contributed by atoms with Crippen LogP contribution in [0.25, 0.3) is 0 Å². The number of allylic oxidation sites excluding steroid dienone is 1. The summed E-state index contributed by atoms with van der Waals surface area (Å²) in [6, 6.07) is 0. The first-order valence-corrected chi connectivity index (χ1v) is 2.15. The van der Waals surface area contributed by atoms with Crippen molar-refractivity contribution in [3.63, 3.8) is 0 Å². The predicted octanol–water partition coefficient (Wildman–Crippen LogP) is -0.670. The van der Waals surface area contributed by atoms with Gasteiger partial charge in [0.15, 0.2) is 0 Å². The van der Waals surface area contributed by atoms with E-state index in [2.05, 4.69) is 5.32 Å². The minimum absolute atomic E-state index is 0.933. The topological polar surface area (TPSA) is 35.9 Å². The molecule has 0 aliphatic rings. The molecule has 0 spiro atoms. The lowest BCUT2D eigenvalue weighted by molar-refractivity contribution is 1.10. The van der Waals surface area contributed by atoms with Gasteiger partial charge in [-0.1, -0.05) is 5.47 Å². The van der Waals surface area contributed by atoms with Crippen LogP contribution in [-0.4, -0.2) is 21.1 Å². The van der Waals surface area contributed by atoms with E-state index in [9.17, 15) is 0 Å². The maximum atomic E-state index is 6.68. The molecule has 3 heteroatoms. The maximum absolute atomic E-state index is 6.68. The van der Waals surface area contributed by atoms with Crippen LogP contribution in [0.4, 0.5) is 0 Å². The Morgan fingerprint density at radius 3 is 2.57 bits per heavy atom. The third-order valence-corrected chi connectivity index (χ3v) is 0.600. The Labute approximate surface area is 44.5 Å². The fourth-order valence-corrected chi connectivity index (χ4v) is 0.269. The van der Waals surface area contributed by atoms with Crippen LogP contribution in [0.15, 0.2) is 11.7 Å². The second-order valence-corrected chi connectivity index (χ2v) is 1.32. The van der Waals surface area contributed by atoms with Crippen LogP contribution in [-0.2, 0) is 0 Å². The number of rotatable bonds is 2. The van der Waals surface area contributed by atoms with Crippen molar-refractivity contribution in [2.75, 3.05) is 7.05 Å². The smallest absolute Gasteiger partial charge is 0.143 e. The highest BCUT2D eigenvalue weighted by Gasteiger charge is 1.73. The summed E-state index contributed by atoms with van der Waals surface area (Å²) in [6.07, 6.45) is 3.07. The van der Waals surface area contributed by atoms with E-state index in [1.54, 1.807) is 6.20 Å². The highest BCUT2D eigenvalue weighted by atomic mass is 14.8. The minimum Gasteiger partial charge on any atom is -0.394 e. The summed E-state index contributed by atoms with van der Waals surface area (Å²) in [7, 11) is 3.68. The van der Waals surface area contributed by atoms with Crippen molar-refractivity contribution in [3.8, 4) is 0 Å². The Morgan fingerprint density at radius 1 is 1.86 bits per heavy atom. The van der Waals surface area contributed by atoms with Crippen LogP contribution >= 0.6 is 0 Å². The van der Waals surface area contributed by atoms with Crippen molar-refractivity contribution in [3.05, 3.63) is 11.7 Å². The lowest BCUT2D eigenvalue weighted by atomic mass is 9.99. The average molecular weight is 95.9 g/mol. The molecule has 0 bridgehead atoms. The van der Waals surface area contributed by atoms with Crippen LogP contribution in [0.5, 0.6) is 0 Å². The van der Waals surface area contributed by atoms with Gasteiger partial charge in [-0.2, -0.15) is 0 Å². The van der Waals surface area contributed by atoms with Crippen molar-refractivity contribution in [2.24, 2.45) is 0 Å². The first-order chi connectivity index (χ1) is 3.31. The standard InChI is InChI=1S/C4H9BN2/c1-7-3-4(5)2-6/h2-3,6-7H,5H2,1H3/b4-3+,6-2?. The summed E-state index contributed by atoms with van der Waals surface area (Å²) >= 11 is 0. The largest absolute Gasteiger partial charge is 0.394 e. The molecule has 0 radical (unpaired) electrons. The molecule has 38 valence electrons.